The van der Waals surface area contributed by atoms with Gasteiger partial charge in [0.05, 0.1) is 5.02 Å². The second kappa shape index (κ2) is 7.48. The summed E-state index contributed by atoms with van der Waals surface area (Å²) in [6, 6.07) is 5.06. The van der Waals surface area contributed by atoms with Gasteiger partial charge in [-0.05, 0) is 37.0 Å². The second-order valence-electron chi connectivity index (χ2n) is 5.06. The van der Waals surface area contributed by atoms with Crippen molar-refractivity contribution >= 4 is 23.4 Å². The SMILES string of the molecule is NNC(CSC1CCCC1)Cc1ccc(F)c(Cl)c1. The number of halogens is 2. The van der Waals surface area contributed by atoms with E-state index >= 15 is 0 Å². The van der Waals surface area contributed by atoms with E-state index in [0.717, 1.165) is 23.0 Å². The molecule has 0 heterocycles. The fraction of sp³-hybridized carbons (Fsp3) is 0.571. The van der Waals surface area contributed by atoms with Gasteiger partial charge in [0.1, 0.15) is 5.82 Å². The third-order valence-corrected chi connectivity index (χ3v) is 5.36. The van der Waals surface area contributed by atoms with Crippen molar-refractivity contribution in [3.63, 3.8) is 0 Å². The Kier molecular flexibility index (Phi) is 5.95. The molecule has 2 nitrogen and oxygen atoms in total. The number of nitrogens with two attached hydrogens (primary N) is 1. The topological polar surface area (TPSA) is 38.0 Å². The van der Waals surface area contributed by atoms with Gasteiger partial charge in [-0.3, -0.25) is 11.3 Å². The van der Waals surface area contributed by atoms with Gasteiger partial charge in [-0.25, -0.2) is 4.39 Å². The van der Waals surface area contributed by atoms with Gasteiger partial charge in [0, 0.05) is 17.0 Å². The highest BCUT2D eigenvalue weighted by Gasteiger charge is 2.17. The van der Waals surface area contributed by atoms with E-state index in [1.807, 2.05) is 11.8 Å². The zero-order valence-electron chi connectivity index (χ0n) is 10.9. The van der Waals surface area contributed by atoms with Crippen LogP contribution in [0.15, 0.2) is 18.2 Å². The highest BCUT2D eigenvalue weighted by molar-refractivity contribution is 7.99. The molecule has 0 saturated heterocycles. The van der Waals surface area contributed by atoms with Gasteiger partial charge in [-0.15, -0.1) is 0 Å². The molecular formula is C14H20ClFN2S. The van der Waals surface area contributed by atoms with E-state index in [2.05, 4.69) is 5.43 Å². The molecule has 0 aromatic heterocycles. The summed E-state index contributed by atoms with van der Waals surface area (Å²) in [7, 11) is 0. The number of benzene rings is 1. The van der Waals surface area contributed by atoms with Gasteiger partial charge in [0.2, 0.25) is 0 Å². The summed E-state index contributed by atoms with van der Waals surface area (Å²) in [4.78, 5) is 0. The predicted octanol–water partition coefficient (Wildman–Crippen LogP) is 3.53. The minimum Gasteiger partial charge on any atom is -0.271 e. The number of thioether (sulfide) groups is 1. The van der Waals surface area contributed by atoms with E-state index in [0.29, 0.717) is 0 Å². The third-order valence-electron chi connectivity index (χ3n) is 3.54. The molecule has 106 valence electrons. The fourth-order valence-corrected chi connectivity index (χ4v) is 4.01. The molecule has 19 heavy (non-hydrogen) atoms. The molecule has 1 aliphatic rings. The van der Waals surface area contributed by atoms with Crippen molar-refractivity contribution in [2.24, 2.45) is 5.84 Å². The molecule has 0 radical (unpaired) electrons. The van der Waals surface area contributed by atoms with Crippen molar-refractivity contribution in [3.8, 4) is 0 Å². The van der Waals surface area contributed by atoms with Crippen LogP contribution in [0.2, 0.25) is 5.02 Å². The predicted molar refractivity (Wildman–Crippen MR) is 80.9 cm³/mol. The molecule has 1 fully saturated rings. The van der Waals surface area contributed by atoms with E-state index < -0.39 is 0 Å². The Labute approximate surface area is 123 Å². The Hall–Kier alpha value is -0.290. The van der Waals surface area contributed by atoms with Gasteiger partial charge in [-0.2, -0.15) is 11.8 Å². The van der Waals surface area contributed by atoms with Gasteiger partial charge in [0.15, 0.2) is 0 Å². The Bertz CT molecular complexity index is 410. The van der Waals surface area contributed by atoms with Gasteiger partial charge in [0.25, 0.3) is 0 Å². The van der Waals surface area contributed by atoms with Crippen LogP contribution < -0.4 is 11.3 Å². The third kappa shape index (κ3) is 4.63. The first-order chi connectivity index (χ1) is 9.19. The van der Waals surface area contributed by atoms with Crippen molar-refractivity contribution in [1.82, 2.24) is 5.43 Å². The first kappa shape index (κ1) is 15.1. The molecule has 1 aliphatic carbocycles. The molecule has 1 saturated carbocycles. The Morgan fingerprint density at radius 1 is 1.42 bits per heavy atom. The minimum atomic E-state index is -0.372. The lowest BCUT2D eigenvalue weighted by atomic mass is 10.1. The molecule has 0 aliphatic heterocycles. The molecule has 0 bridgehead atoms. The number of hydrazine groups is 1. The summed E-state index contributed by atoms with van der Waals surface area (Å²) >= 11 is 7.78. The minimum absolute atomic E-state index is 0.178. The molecule has 1 aromatic rings. The number of rotatable bonds is 6. The van der Waals surface area contributed by atoms with Crippen LogP contribution in [0, 0.1) is 5.82 Å². The van der Waals surface area contributed by atoms with Crippen LogP contribution in [0.5, 0.6) is 0 Å². The normalized spacial score (nSPS) is 17.8. The fourth-order valence-electron chi connectivity index (χ4n) is 2.42. The molecule has 5 heteroatoms. The lowest BCUT2D eigenvalue weighted by molar-refractivity contribution is 0.573. The summed E-state index contributed by atoms with van der Waals surface area (Å²) in [6.07, 6.45) is 6.13. The van der Waals surface area contributed by atoms with Crippen LogP contribution in [0.3, 0.4) is 0 Å². The standard InChI is InChI=1S/C14H20ClFN2S/c15-13-8-10(5-6-14(13)16)7-11(18-17)9-19-12-3-1-2-4-12/h5-6,8,11-12,18H,1-4,7,9,17H2. The first-order valence-electron chi connectivity index (χ1n) is 6.70. The Balaban J connectivity index is 1.85. The van der Waals surface area contributed by atoms with Gasteiger partial charge >= 0.3 is 0 Å². The Morgan fingerprint density at radius 3 is 2.79 bits per heavy atom. The van der Waals surface area contributed by atoms with Crippen LogP contribution in [0.4, 0.5) is 4.39 Å². The first-order valence-corrected chi connectivity index (χ1v) is 8.13. The molecule has 1 unspecified atom stereocenters. The molecule has 1 atom stereocenters. The average molecular weight is 303 g/mol. The van der Waals surface area contributed by atoms with Crippen LogP contribution in [0.25, 0.3) is 0 Å². The highest BCUT2D eigenvalue weighted by atomic mass is 35.5. The number of hydrogen-bond acceptors (Lipinski definition) is 3. The summed E-state index contributed by atoms with van der Waals surface area (Å²) < 4.78 is 13.1. The largest absolute Gasteiger partial charge is 0.271 e. The monoisotopic (exact) mass is 302 g/mol. The maximum Gasteiger partial charge on any atom is 0.141 e. The summed E-state index contributed by atoms with van der Waals surface area (Å²) in [5.74, 6) is 6.21. The zero-order chi connectivity index (χ0) is 13.7. The highest BCUT2D eigenvalue weighted by Crippen LogP contribution is 2.30. The van der Waals surface area contributed by atoms with Crippen LogP contribution in [0.1, 0.15) is 31.2 Å². The maximum atomic E-state index is 13.1. The van der Waals surface area contributed by atoms with Gasteiger partial charge < -0.3 is 0 Å². The number of nitrogens with one attached hydrogen (secondary N) is 1. The van der Waals surface area contributed by atoms with Crippen molar-refractivity contribution < 1.29 is 4.39 Å². The van der Waals surface area contributed by atoms with E-state index in [1.54, 1.807) is 12.1 Å². The van der Waals surface area contributed by atoms with Crippen LogP contribution in [-0.4, -0.2) is 17.0 Å². The second-order valence-corrected chi connectivity index (χ2v) is 6.80. The lowest BCUT2D eigenvalue weighted by Gasteiger charge is -2.18. The van der Waals surface area contributed by atoms with Crippen LogP contribution >= 0.6 is 23.4 Å². The van der Waals surface area contributed by atoms with E-state index in [1.165, 1.54) is 31.7 Å². The van der Waals surface area contributed by atoms with E-state index in [4.69, 9.17) is 17.4 Å². The van der Waals surface area contributed by atoms with Gasteiger partial charge in [-0.1, -0.05) is 30.5 Å². The molecule has 1 aromatic carbocycles. The quantitative estimate of drug-likeness (QED) is 0.623. The van der Waals surface area contributed by atoms with Crippen molar-refractivity contribution in [3.05, 3.63) is 34.6 Å². The van der Waals surface area contributed by atoms with Crippen LogP contribution in [-0.2, 0) is 6.42 Å². The maximum absolute atomic E-state index is 13.1. The van der Waals surface area contributed by atoms with Crippen molar-refractivity contribution in [1.29, 1.82) is 0 Å². The summed E-state index contributed by atoms with van der Waals surface area (Å²) in [5.41, 5.74) is 3.87. The van der Waals surface area contributed by atoms with E-state index in [-0.39, 0.29) is 16.9 Å². The molecule has 0 spiro atoms. The lowest BCUT2D eigenvalue weighted by Crippen LogP contribution is -2.39. The van der Waals surface area contributed by atoms with Crippen molar-refractivity contribution in [2.75, 3.05) is 5.75 Å². The number of hydrogen-bond donors (Lipinski definition) is 2. The Morgan fingerprint density at radius 2 is 2.16 bits per heavy atom. The molecule has 0 amide bonds. The summed E-state index contributed by atoms with van der Waals surface area (Å²) in [5, 5.41) is 0.962. The van der Waals surface area contributed by atoms with E-state index in [9.17, 15) is 4.39 Å². The molecular weight excluding hydrogens is 283 g/mol. The van der Waals surface area contributed by atoms with Crippen molar-refractivity contribution in [2.45, 2.75) is 43.4 Å². The zero-order valence-corrected chi connectivity index (χ0v) is 12.4. The molecule has 2 rings (SSSR count). The summed E-state index contributed by atoms with van der Waals surface area (Å²) in [6.45, 7) is 0. The molecule has 3 N–H and O–H groups in total. The smallest absolute Gasteiger partial charge is 0.141 e. The average Bonchev–Trinajstić information content (AvgIpc) is 2.92.